The van der Waals surface area contributed by atoms with E-state index in [2.05, 4.69) is 62.1 Å². The molecule has 4 aromatic rings. The summed E-state index contributed by atoms with van der Waals surface area (Å²) in [6, 6.07) is 18.7. The predicted molar refractivity (Wildman–Crippen MR) is 166 cm³/mol. The van der Waals surface area contributed by atoms with Gasteiger partial charge < -0.3 is 20.7 Å². The smallest absolute Gasteiger partial charge is 0.157 e. The average molecular weight is 600 g/mol. The van der Waals surface area contributed by atoms with Gasteiger partial charge in [-0.2, -0.15) is 0 Å². The highest BCUT2D eigenvalue weighted by Crippen LogP contribution is 2.43. The Balaban J connectivity index is 0.00000185. The van der Waals surface area contributed by atoms with Crippen molar-refractivity contribution in [1.82, 2.24) is 25.5 Å². The minimum absolute atomic E-state index is 0. The molecule has 3 heterocycles. The van der Waals surface area contributed by atoms with Gasteiger partial charge in [-0.3, -0.25) is 5.41 Å². The Hall–Kier alpha value is -3.31. The number of anilines is 1. The number of nitrogens with zero attached hydrogens (tertiary/aromatic N) is 5. The molecule has 1 atom stereocenters. The number of nitrogens with one attached hydrogen (secondary N) is 2. The Bertz CT molecular complexity index is 1540. The lowest BCUT2D eigenvalue weighted by Crippen LogP contribution is -2.34. The first-order valence-corrected chi connectivity index (χ1v) is 13.3. The number of halogens is 2. The molecule has 1 unspecified atom stereocenters. The molecular formula is C28H32Cl2N8OS. The van der Waals surface area contributed by atoms with Gasteiger partial charge in [-0.1, -0.05) is 36.5 Å². The van der Waals surface area contributed by atoms with Crippen molar-refractivity contribution in [3.05, 3.63) is 77.1 Å². The van der Waals surface area contributed by atoms with E-state index < -0.39 is 0 Å². The monoisotopic (exact) mass is 598 g/mol. The summed E-state index contributed by atoms with van der Waals surface area (Å²) in [5.41, 5.74) is 9.92. The van der Waals surface area contributed by atoms with E-state index in [4.69, 9.17) is 28.1 Å². The minimum atomic E-state index is 0. The first-order valence-electron chi connectivity index (χ1n) is 12.9. The Morgan fingerprint density at radius 2 is 1.85 bits per heavy atom. The van der Waals surface area contributed by atoms with Crippen LogP contribution in [0.1, 0.15) is 41.4 Å². The maximum atomic E-state index is 7.85. The van der Waals surface area contributed by atoms with Crippen LogP contribution in [0.2, 0.25) is 0 Å². The number of rotatable bonds is 6. The van der Waals surface area contributed by atoms with Crippen LogP contribution in [-0.2, 0) is 19.9 Å². The Morgan fingerprint density at radius 1 is 1.07 bits per heavy atom. The van der Waals surface area contributed by atoms with Crippen molar-refractivity contribution >= 4 is 64.3 Å². The van der Waals surface area contributed by atoms with Crippen LogP contribution >= 0.6 is 37.0 Å². The molecule has 4 N–H and O–H groups in total. The number of aryl methyl sites for hydroxylation is 1. The summed E-state index contributed by atoms with van der Waals surface area (Å²) in [6.07, 6.45) is 3.53. The lowest BCUT2D eigenvalue weighted by atomic mass is 9.97. The van der Waals surface area contributed by atoms with Crippen LogP contribution in [0.3, 0.4) is 0 Å². The second-order valence-corrected chi connectivity index (χ2v) is 10.4. The van der Waals surface area contributed by atoms with Crippen LogP contribution in [0.4, 0.5) is 5.69 Å². The molecule has 0 bridgehead atoms. The number of hydrogen-bond donors (Lipinski definition) is 3. The van der Waals surface area contributed by atoms with Gasteiger partial charge in [-0.05, 0) is 95.0 Å². The van der Waals surface area contributed by atoms with E-state index in [1.165, 1.54) is 5.56 Å². The van der Waals surface area contributed by atoms with Crippen LogP contribution in [0.25, 0.3) is 10.8 Å². The number of nitrogen functional groups attached to an aromatic ring is 1. The van der Waals surface area contributed by atoms with Crippen molar-refractivity contribution < 1.29 is 4.74 Å². The van der Waals surface area contributed by atoms with Crippen molar-refractivity contribution in [2.24, 2.45) is 12.8 Å². The molecule has 210 valence electrons. The zero-order valence-electron chi connectivity index (χ0n) is 22.0. The van der Waals surface area contributed by atoms with Crippen LogP contribution in [0.5, 0.6) is 5.75 Å². The molecule has 3 aromatic carbocycles. The number of tetrazole rings is 1. The fraction of sp³-hybridized carbons (Fsp3) is 0.321. The van der Waals surface area contributed by atoms with E-state index in [0.717, 1.165) is 70.9 Å². The average Bonchev–Trinajstić information content (AvgIpc) is 3.51. The maximum absolute atomic E-state index is 7.85. The van der Waals surface area contributed by atoms with Gasteiger partial charge in [-0.25, -0.2) is 4.68 Å². The summed E-state index contributed by atoms with van der Waals surface area (Å²) in [5.74, 6) is 1.69. The first-order chi connectivity index (χ1) is 18.5. The minimum Gasteiger partial charge on any atom is -0.490 e. The molecular weight excluding hydrogens is 567 g/mol. The predicted octanol–water partition coefficient (Wildman–Crippen LogP) is 4.30. The zero-order valence-corrected chi connectivity index (χ0v) is 24.5. The standard InChI is InChI=1S/C28H30N8OS.2ClH/c1-35-26(32-33-34-35)16-27(38)36-24-7-6-23(37-22-8-10-31-11-9-22)14-21(24)15-25(36)18-4-2-17-3-5-19(28(29)30)13-20(17)12-18;;/h2-7,12-14,22,25,31H,8-11,15-16H2,1H3,(H3,29,30);2*1H. The summed E-state index contributed by atoms with van der Waals surface area (Å²) < 4.78 is 8.02. The van der Waals surface area contributed by atoms with E-state index in [1.54, 1.807) is 4.68 Å². The zero-order chi connectivity index (χ0) is 26.2. The lowest BCUT2D eigenvalue weighted by Gasteiger charge is -2.29. The summed E-state index contributed by atoms with van der Waals surface area (Å²) in [5, 5.41) is 25.3. The third kappa shape index (κ3) is 5.90. The van der Waals surface area contributed by atoms with Crippen LogP contribution in [0.15, 0.2) is 54.6 Å². The molecule has 2 aliphatic heterocycles. The normalized spacial score (nSPS) is 16.6. The molecule has 9 nitrogen and oxygen atoms in total. The van der Waals surface area contributed by atoms with Gasteiger partial charge in [0.1, 0.15) is 17.7 Å². The molecule has 0 spiro atoms. The highest BCUT2D eigenvalue weighted by molar-refractivity contribution is 7.80. The summed E-state index contributed by atoms with van der Waals surface area (Å²) in [6.45, 7) is 1.98. The highest BCUT2D eigenvalue weighted by Gasteiger charge is 2.34. The quantitative estimate of drug-likeness (QED) is 0.171. The van der Waals surface area contributed by atoms with Crippen molar-refractivity contribution in [3.63, 3.8) is 0 Å². The van der Waals surface area contributed by atoms with Gasteiger partial charge in [0, 0.05) is 18.3 Å². The van der Waals surface area contributed by atoms with Crippen LogP contribution in [-0.4, -0.2) is 50.2 Å². The highest BCUT2D eigenvalue weighted by atomic mass is 35.5. The fourth-order valence-corrected chi connectivity index (χ4v) is 5.79. The van der Waals surface area contributed by atoms with Gasteiger partial charge in [0.25, 0.3) is 0 Å². The largest absolute Gasteiger partial charge is 0.490 e. The topological polar surface area (TPSA) is 118 Å². The van der Waals surface area contributed by atoms with Crippen molar-refractivity contribution in [2.75, 3.05) is 18.0 Å². The molecule has 2 aliphatic rings. The number of benzene rings is 3. The number of piperidine rings is 1. The summed E-state index contributed by atoms with van der Waals surface area (Å²) in [4.78, 5) is 3.00. The number of nitrogens with two attached hydrogens (primary N) is 1. The number of ether oxygens (including phenoxy) is 1. The molecule has 12 heteroatoms. The van der Waals surface area contributed by atoms with E-state index in [9.17, 15) is 0 Å². The van der Waals surface area contributed by atoms with Crippen molar-refractivity contribution in [3.8, 4) is 5.75 Å². The Kier molecular flexibility index (Phi) is 9.25. The third-order valence-electron chi connectivity index (χ3n) is 7.47. The van der Waals surface area contributed by atoms with Crippen LogP contribution in [0, 0.1) is 5.41 Å². The van der Waals surface area contributed by atoms with E-state index in [0.29, 0.717) is 12.0 Å². The number of amidine groups is 1. The van der Waals surface area contributed by atoms with Crippen molar-refractivity contribution in [2.45, 2.75) is 37.8 Å². The number of fused-ring (bicyclic) bond motifs is 2. The number of thiocarbonyl (C=S) groups is 1. The van der Waals surface area contributed by atoms with Gasteiger partial charge >= 0.3 is 0 Å². The molecule has 0 radical (unpaired) electrons. The molecule has 40 heavy (non-hydrogen) atoms. The number of aromatic nitrogens is 4. The van der Waals surface area contributed by atoms with E-state index >= 15 is 0 Å². The number of hydrogen-bond acceptors (Lipinski definition) is 7. The molecule has 1 fully saturated rings. The Labute approximate surface area is 250 Å². The first kappa shape index (κ1) is 29.7. The molecule has 1 aromatic heterocycles. The van der Waals surface area contributed by atoms with E-state index in [1.807, 2.05) is 25.2 Å². The fourth-order valence-electron chi connectivity index (χ4n) is 5.44. The second-order valence-electron chi connectivity index (χ2n) is 9.97. The van der Waals surface area contributed by atoms with Gasteiger partial charge in [0.2, 0.25) is 0 Å². The Morgan fingerprint density at radius 3 is 2.58 bits per heavy atom. The summed E-state index contributed by atoms with van der Waals surface area (Å²) in [7, 11) is 1.83. The van der Waals surface area contributed by atoms with Gasteiger partial charge in [-0.15, -0.1) is 29.9 Å². The summed E-state index contributed by atoms with van der Waals surface area (Å²) >= 11 is 6.02. The van der Waals surface area contributed by atoms with E-state index in [-0.39, 0.29) is 42.8 Å². The van der Waals surface area contributed by atoms with Gasteiger partial charge in [0.15, 0.2) is 5.82 Å². The van der Waals surface area contributed by atoms with Crippen molar-refractivity contribution in [1.29, 1.82) is 5.41 Å². The van der Waals surface area contributed by atoms with Crippen LogP contribution < -0.4 is 20.7 Å². The molecule has 1 saturated heterocycles. The SMILES string of the molecule is Cl.Cl.Cn1nnnc1CC(=S)N1c2ccc(OC3CCNCC3)cc2CC1c1ccc2ccc(C(=N)N)cc2c1. The molecule has 0 aliphatic carbocycles. The lowest BCUT2D eigenvalue weighted by molar-refractivity contribution is 0.162. The molecule has 6 rings (SSSR count). The second kappa shape index (κ2) is 12.5. The molecule has 0 saturated carbocycles. The molecule has 0 amide bonds. The van der Waals surface area contributed by atoms with Gasteiger partial charge in [0.05, 0.1) is 17.5 Å². The third-order valence-corrected chi connectivity index (χ3v) is 7.81. The maximum Gasteiger partial charge on any atom is 0.157 e.